The van der Waals surface area contributed by atoms with Gasteiger partial charge in [0.1, 0.15) is 0 Å². The van der Waals surface area contributed by atoms with E-state index in [0.717, 1.165) is 72.2 Å². The first-order valence-electron chi connectivity index (χ1n) is 25.8. The van der Waals surface area contributed by atoms with E-state index in [-0.39, 0.29) is 0 Å². The summed E-state index contributed by atoms with van der Waals surface area (Å²) in [6.07, 6.45) is 0. The van der Waals surface area contributed by atoms with E-state index < -0.39 is 5.41 Å². The van der Waals surface area contributed by atoms with E-state index in [9.17, 15) is 0 Å². The fourth-order valence-electron chi connectivity index (χ4n) is 11.9. The van der Waals surface area contributed by atoms with Gasteiger partial charge in [-0.05, 0) is 136 Å². The van der Waals surface area contributed by atoms with Crippen molar-refractivity contribution in [3.8, 4) is 89.5 Å². The molecule has 14 rings (SSSR count). The van der Waals surface area contributed by atoms with E-state index in [2.05, 4.69) is 285 Å². The van der Waals surface area contributed by atoms with Gasteiger partial charge in [-0.2, -0.15) is 0 Å². The summed E-state index contributed by atoms with van der Waals surface area (Å²) in [4.78, 5) is 10.7. The van der Waals surface area contributed by atoms with E-state index >= 15 is 0 Å². The molecule has 0 radical (unpaired) electrons. The maximum Gasteiger partial charge on any atom is 0.160 e. The molecule has 12 aromatic carbocycles. The number of hydrogen-bond acceptors (Lipinski definition) is 2. The Labute approximate surface area is 437 Å². The summed E-state index contributed by atoms with van der Waals surface area (Å²) in [7, 11) is 0. The highest BCUT2D eigenvalue weighted by Crippen LogP contribution is 2.57. The van der Waals surface area contributed by atoms with Crippen LogP contribution in [0.4, 0.5) is 0 Å². The van der Waals surface area contributed by atoms with Crippen LogP contribution in [0.2, 0.25) is 0 Å². The molecule has 0 spiro atoms. The van der Waals surface area contributed by atoms with E-state index in [4.69, 9.17) is 9.97 Å². The Hall–Kier alpha value is -9.76. The number of aromatic nitrogens is 2. The summed E-state index contributed by atoms with van der Waals surface area (Å²) < 4.78 is 0. The molecular weight excluding hydrogens is 905 g/mol. The van der Waals surface area contributed by atoms with Crippen LogP contribution in [0.25, 0.3) is 111 Å². The Morgan fingerprint density at radius 2 is 0.707 bits per heavy atom. The molecule has 1 aliphatic carbocycles. The minimum atomic E-state index is -0.469. The van der Waals surface area contributed by atoms with Crippen LogP contribution in [0.15, 0.2) is 291 Å². The average Bonchev–Trinajstić information content (AvgIpc) is 3.88. The van der Waals surface area contributed by atoms with Gasteiger partial charge >= 0.3 is 0 Å². The summed E-state index contributed by atoms with van der Waals surface area (Å²) in [5, 5.41) is 4.72. The monoisotopic (exact) mass is 952 g/mol. The lowest BCUT2D eigenvalue weighted by molar-refractivity contribution is 0.768. The molecule has 0 fully saturated rings. The van der Waals surface area contributed by atoms with Crippen molar-refractivity contribution in [2.45, 2.75) is 5.41 Å². The van der Waals surface area contributed by atoms with E-state index in [1.165, 1.54) is 55.3 Å². The molecule has 0 bridgehead atoms. The molecule has 0 unspecified atom stereocenters. The van der Waals surface area contributed by atoms with Crippen LogP contribution in [0, 0.1) is 0 Å². The Balaban J connectivity index is 0.961. The molecule has 0 atom stereocenters. The van der Waals surface area contributed by atoms with Crippen LogP contribution in [0.3, 0.4) is 0 Å². The Morgan fingerprint density at radius 3 is 1.40 bits per heavy atom. The van der Waals surface area contributed by atoms with Crippen molar-refractivity contribution in [1.82, 2.24) is 9.97 Å². The smallest absolute Gasteiger partial charge is 0.160 e. The van der Waals surface area contributed by atoms with Crippen molar-refractivity contribution in [3.63, 3.8) is 0 Å². The molecule has 0 aliphatic heterocycles. The van der Waals surface area contributed by atoms with Crippen molar-refractivity contribution >= 4 is 21.5 Å². The van der Waals surface area contributed by atoms with Crippen molar-refractivity contribution in [2.24, 2.45) is 0 Å². The number of benzene rings is 12. The van der Waals surface area contributed by atoms with Crippen molar-refractivity contribution in [1.29, 1.82) is 0 Å². The zero-order chi connectivity index (χ0) is 49.7. The quantitative estimate of drug-likeness (QED) is 0.144. The molecule has 1 aliphatic rings. The summed E-state index contributed by atoms with van der Waals surface area (Å²) in [6.45, 7) is 0. The van der Waals surface area contributed by atoms with Crippen molar-refractivity contribution < 1.29 is 0 Å². The second-order valence-corrected chi connectivity index (χ2v) is 19.6. The highest BCUT2D eigenvalue weighted by atomic mass is 14.9. The minimum absolute atomic E-state index is 0.469. The van der Waals surface area contributed by atoms with Gasteiger partial charge < -0.3 is 0 Å². The van der Waals surface area contributed by atoms with Gasteiger partial charge in [-0.25, -0.2) is 9.97 Å². The Kier molecular flexibility index (Phi) is 10.8. The zero-order valence-electron chi connectivity index (χ0n) is 41.1. The topological polar surface area (TPSA) is 25.8 Å². The Bertz CT molecular complexity index is 4240. The molecule has 2 heteroatoms. The fraction of sp³-hybridized carbons (Fsp3) is 0.0137. The molecule has 0 amide bonds. The zero-order valence-corrected chi connectivity index (χ0v) is 41.1. The van der Waals surface area contributed by atoms with Gasteiger partial charge in [0, 0.05) is 16.7 Å². The van der Waals surface area contributed by atoms with Gasteiger partial charge in [0.15, 0.2) is 5.82 Å². The van der Waals surface area contributed by atoms with Crippen LogP contribution >= 0.6 is 0 Å². The fourth-order valence-corrected chi connectivity index (χ4v) is 11.9. The molecule has 75 heavy (non-hydrogen) atoms. The van der Waals surface area contributed by atoms with Gasteiger partial charge in [0.2, 0.25) is 0 Å². The first kappa shape index (κ1) is 44.0. The van der Waals surface area contributed by atoms with Gasteiger partial charge in [0.05, 0.1) is 16.8 Å². The second-order valence-electron chi connectivity index (χ2n) is 19.6. The van der Waals surface area contributed by atoms with Gasteiger partial charge in [-0.1, -0.05) is 255 Å². The average molecular weight is 953 g/mol. The minimum Gasteiger partial charge on any atom is -0.228 e. The normalized spacial score (nSPS) is 12.4. The van der Waals surface area contributed by atoms with Crippen LogP contribution < -0.4 is 0 Å². The van der Waals surface area contributed by atoms with Crippen LogP contribution in [-0.4, -0.2) is 9.97 Å². The molecule has 0 N–H and O–H groups in total. The number of fused-ring (bicyclic) bond motifs is 5. The highest BCUT2D eigenvalue weighted by molar-refractivity contribution is 6.06. The first-order valence-corrected chi connectivity index (χ1v) is 25.8. The van der Waals surface area contributed by atoms with Crippen LogP contribution in [0.5, 0.6) is 0 Å². The predicted molar refractivity (Wildman–Crippen MR) is 312 cm³/mol. The first-order chi connectivity index (χ1) is 37.2. The third-order valence-electron chi connectivity index (χ3n) is 15.4. The van der Waals surface area contributed by atoms with E-state index in [1.807, 2.05) is 6.07 Å². The number of hydrogen-bond donors (Lipinski definition) is 0. The van der Waals surface area contributed by atoms with Crippen LogP contribution in [0.1, 0.15) is 22.3 Å². The SMILES string of the molecule is c1ccc(-c2nc(-c3ccccc3-c3ccccc3)cc(-c3ccc(-c4cc(-c5ccc6c(c5)-c5ccccc5C6(c5ccccc5)c5ccccc5)cc(-c5ccc6ccccc6c5)c4)c4ccccc34)n2)cc1. The maximum absolute atomic E-state index is 5.37. The number of nitrogens with zero attached hydrogens (tertiary/aromatic N) is 2. The molecule has 2 nitrogen and oxygen atoms in total. The number of rotatable bonds is 9. The molecule has 1 aromatic heterocycles. The second kappa shape index (κ2) is 18.4. The largest absolute Gasteiger partial charge is 0.228 e. The molecular formula is C73H48N2. The lowest BCUT2D eigenvalue weighted by Gasteiger charge is -2.33. The third kappa shape index (κ3) is 7.58. The van der Waals surface area contributed by atoms with Gasteiger partial charge in [-0.15, -0.1) is 0 Å². The summed E-state index contributed by atoms with van der Waals surface area (Å²) in [5.74, 6) is 0.689. The highest BCUT2D eigenvalue weighted by Gasteiger charge is 2.46. The third-order valence-corrected chi connectivity index (χ3v) is 15.4. The van der Waals surface area contributed by atoms with Gasteiger partial charge in [-0.3, -0.25) is 0 Å². The van der Waals surface area contributed by atoms with E-state index in [0.29, 0.717) is 5.82 Å². The summed E-state index contributed by atoms with van der Waals surface area (Å²) >= 11 is 0. The van der Waals surface area contributed by atoms with Crippen molar-refractivity contribution in [3.05, 3.63) is 313 Å². The standard InChI is InChI=1S/C73H48N2/c1-5-22-50(23-6-1)60-31-15-18-35-65(60)70-48-71(75-72(74-70)51-24-7-2-8-25-51)66-41-40-61(62-32-16-17-33-63(62)66)57-45-55(53-38-37-49-21-13-14-26-52(49)43-53)44-56(46-57)54-39-42-69-67(47-54)64-34-19-20-36-68(64)73(69,58-27-9-3-10-28-58)59-29-11-4-12-30-59/h1-48H. The molecule has 350 valence electrons. The van der Waals surface area contributed by atoms with Crippen LogP contribution in [-0.2, 0) is 5.41 Å². The molecule has 0 saturated carbocycles. The summed E-state index contributed by atoms with van der Waals surface area (Å²) in [6, 6.07) is 106. The maximum atomic E-state index is 5.37. The van der Waals surface area contributed by atoms with E-state index in [1.54, 1.807) is 0 Å². The Morgan fingerprint density at radius 1 is 0.227 bits per heavy atom. The lowest BCUT2D eigenvalue weighted by atomic mass is 9.67. The predicted octanol–water partition coefficient (Wildman–Crippen LogP) is 18.8. The lowest BCUT2D eigenvalue weighted by Crippen LogP contribution is -2.28. The molecule has 1 heterocycles. The summed E-state index contributed by atoms with van der Waals surface area (Å²) in [5.41, 5.74) is 21.2. The van der Waals surface area contributed by atoms with Crippen molar-refractivity contribution in [2.75, 3.05) is 0 Å². The molecule has 0 saturated heterocycles. The molecule has 13 aromatic rings. The van der Waals surface area contributed by atoms with Gasteiger partial charge in [0.25, 0.3) is 0 Å².